The first-order valence-electron chi connectivity index (χ1n) is 8.00. The number of methoxy groups -OCH3 is 2. The zero-order valence-corrected chi connectivity index (χ0v) is 15.1. The van der Waals surface area contributed by atoms with Crippen molar-refractivity contribution in [2.45, 2.75) is 13.0 Å². The smallest absolute Gasteiger partial charge is 0.344 e. The SMILES string of the molecule is COc1cccc(C(=O)N/N=C\c2cccc(OC)c2O[C@H](C)C(=O)O)c1. The minimum atomic E-state index is -1.12. The average molecular weight is 372 g/mol. The van der Waals surface area contributed by atoms with Crippen LogP contribution in [0.4, 0.5) is 0 Å². The van der Waals surface area contributed by atoms with Gasteiger partial charge >= 0.3 is 5.97 Å². The van der Waals surface area contributed by atoms with Crippen molar-refractivity contribution in [3.05, 3.63) is 53.6 Å². The Balaban J connectivity index is 2.18. The summed E-state index contributed by atoms with van der Waals surface area (Å²) in [5.41, 5.74) is 3.24. The number of para-hydroxylation sites is 1. The van der Waals surface area contributed by atoms with Crippen molar-refractivity contribution >= 4 is 18.1 Å². The maximum atomic E-state index is 12.2. The molecule has 0 bridgehead atoms. The van der Waals surface area contributed by atoms with Gasteiger partial charge in [0.1, 0.15) is 5.75 Å². The van der Waals surface area contributed by atoms with Gasteiger partial charge in [-0.2, -0.15) is 5.10 Å². The predicted molar refractivity (Wildman–Crippen MR) is 98.8 cm³/mol. The molecule has 2 rings (SSSR count). The van der Waals surface area contributed by atoms with Crippen LogP contribution in [0.15, 0.2) is 47.6 Å². The van der Waals surface area contributed by atoms with Crippen LogP contribution < -0.4 is 19.6 Å². The number of benzene rings is 2. The van der Waals surface area contributed by atoms with E-state index in [1.54, 1.807) is 42.5 Å². The van der Waals surface area contributed by atoms with Crippen LogP contribution >= 0.6 is 0 Å². The van der Waals surface area contributed by atoms with Crippen molar-refractivity contribution in [1.29, 1.82) is 0 Å². The van der Waals surface area contributed by atoms with Crippen LogP contribution in [-0.4, -0.2) is 43.5 Å². The third-order valence-electron chi connectivity index (χ3n) is 3.57. The minimum Gasteiger partial charge on any atom is -0.497 e. The Kier molecular flexibility index (Phi) is 6.76. The second-order valence-corrected chi connectivity index (χ2v) is 5.41. The van der Waals surface area contributed by atoms with Gasteiger partial charge in [-0.25, -0.2) is 10.2 Å². The number of rotatable bonds is 8. The molecule has 0 aliphatic heterocycles. The summed E-state index contributed by atoms with van der Waals surface area (Å²) in [6.07, 6.45) is 0.268. The molecule has 2 N–H and O–H groups in total. The summed E-state index contributed by atoms with van der Waals surface area (Å²) >= 11 is 0. The molecule has 0 unspecified atom stereocenters. The number of aliphatic carboxylic acids is 1. The molecule has 0 aliphatic rings. The van der Waals surface area contributed by atoms with Gasteiger partial charge in [0.25, 0.3) is 5.91 Å². The summed E-state index contributed by atoms with van der Waals surface area (Å²) in [6.45, 7) is 1.40. The number of hydrogen-bond donors (Lipinski definition) is 2. The summed E-state index contributed by atoms with van der Waals surface area (Å²) < 4.78 is 15.7. The van der Waals surface area contributed by atoms with E-state index in [1.165, 1.54) is 27.4 Å². The van der Waals surface area contributed by atoms with Gasteiger partial charge in [-0.1, -0.05) is 12.1 Å². The number of ether oxygens (including phenoxy) is 3. The minimum absolute atomic E-state index is 0.217. The van der Waals surface area contributed by atoms with E-state index in [-0.39, 0.29) is 5.75 Å². The second kappa shape index (κ2) is 9.23. The quantitative estimate of drug-likeness (QED) is 0.544. The third-order valence-corrected chi connectivity index (χ3v) is 3.57. The number of carboxylic acids is 1. The summed E-state index contributed by atoms with van der Waals surface area (Å²) in [4.78, 5) is 23.2. The highest BCUT2D eigenvalue weighted by molar-refractivity contribution is 5.95. The Labute approximate surface area is 156 Å². The number of carbonyl (C=O) groups excluding carboxylic acids is 1. The van der Waals surface area contributed by atoms with Gasteiger partial charge in [0.15, 0.2) is 17.6 Å². The fourth-order valence-corrected chi connectivity index (χ4v) is 2.14. The lowest BCUT2D eigenvalue weighted by atomic mass is 10.2. The fraction of sp³-hybridized carbons (Fsp3) is 0.211. The predicted octanol–water partition coefficient (Wildman–Crippen LogP) is 2.32. The standard InChI is InChI=1S/C19H20N2O6/c1-12(19(23)24)27-17-14(7-5-9-16(17)26-3)11-20-21-18(22)13-6-4-8-15(10-13)25-2/h4-12H,1-3H3,(H,21,22)(H,23,24)/b20-11-/t12-/m1/s1. The van der Waals surface area contributed by atoms with E-state index in [0.717, 1.165) is 0 Å². The first-order chi connectivity index (χ1) is 13.0. The molecule has 1 atom stereocenters. The fourth-order valence-electron chi connectivity index (χ4n) is 2.14. The van der Waals surface area contributed by atoms with E-state index in [4.69, 9.17) is 19.3 Å². The lowest BCUT2D eigenvalue weighted by molar-refractivity contribution is -0.144. The van der Waals surface area contributed by atoms with E-state index in [0.29, 0.717) is 22.6 Å². The molecule has 1 amide bonds. The maximum Gasteiger partial charge on any atom is 0.344 e. The highest BCUT2D eigenvalue weighted by Gasteiger charge is 2.18. The molecule has 0 saturated heterocycles. The largest absolute Gasteiger partial charge is 0.497 e. The highest BCUT2D eigenvalue weighted by Crippen LogP contribution is 2.31. The van der Waals surface area contributed by atoms with E-state index in [1.807, 2.05) is 0 Å². The van der Waals surface area contributed by atoms with Crippen LogP contribution in [-0.2, 0) is 4.79 Å². The monoisotopic (exact) mass is 372 g/mol. The number of nitrogens with zero attached hydrogens (tertiary/aromatic N) is 1. The zero-order chi connectivity index (χ0) is 19.8. The molecule has 0 fully saturated rings. The Morgan fingerprint density at radius 1 is 1.15 bits per heavy atom. The molecule has 0 spiro atoms. The first kappa shape index (κ1) is 19.8. The van der Waals surface area contributed by atoms with Crippen LogP contribution in [0.3, 0.4) is 0 Å². The molecular formula is C19H20N2O6. The topological polar surface area (TPSA) is 106 Å². The molecule has 142 valence electrons. The molecule has 0 aliphatic carbocycles. The van der Waals surface area contributed by atoms with Crippen molar-refractivity contribution in [1.82, 2.24) is 5.43 Å². The van der Waals surface area contributed by atoms with Crippen LogP contribution in [0.2, 0.25) is 0 Å². The Bertz CT molecular complexity index is 850. The normalized spacial score (nSPS) is 11.7. The van der Waals surface area contributed by atoms with Crippen molar-refractivity contribution in [3.8, 4) is 17.2 Å². The van der Waals surface area contributed by atoms with Crippen LogP contribution in [0, 0.1) is 0 Å². The number of carbonyl (C=O) groups is 2. The molecule has 0 radical (unpaired) electrons. The highest BCUT2D eigenvalue weighted by atomic mass is 16.5. The van der Waals surface area contributed by atoms with Gasteiger partial charge in [-0.05, 0) is 37.3 Å². The number of carboxylic acid groups (broad SMARTS) is 1. The van der Waals surface area contributed by atoms with Gasteiger partial charge in [0, 0.05) is 11.1 Å². The van der Waals surface area contributed by atoms with E-state index < -0.39 is 18.0 Å². The Hall–Kier alpha value is -3.55. The Morgan fingerprint density at radius 3 is 2.56 bits per heavy atom. The summed E-state index contributed by atoms with van der Waals surface area (Å²) in [7, 11) is 2.96. The van der Waals surface area contributed by atoms with Crippen LogP contribution in [0.1, 0.15) is 22.8 Å². The van der Waals surface area contributed by atoms with Crippen LogP contribution in [0.25, 0.3) is 0 Å². The molecule has 8 nitrogen and oxygen atoms in total. The van der Waals surface area contributed by atoms with Crippen molar-refractivity contribution < 1.29 is 28.9 Å². The third kappa shape index (κ3) is 5.21. The molecule has 0 heterocycles. The molecule has 2 aromatic rings. The van der Waals surface area contributed by atoms with Gasteiger partial charge in [0.2, 0.25) is 0 Å². The van der Waals surface area contributed by atoms with Crippen molar-refractivity contribution in [2.75, 3.05) is 14.2 Å². The summed E-state index contributed by atoms with van der Waals surface area (Å²) in [5, 5.41) is 13.0. The summed E-state index contributed by atoms with van der Waals surface area (Å²) in [6, 6.07) is 11.6. The lowest BCUT2D eigenvalue weighted by Gasteiger charge is -2.15. The first-order valence-corrected chi connectivity index (χ1v) is 8.00. The molecule has 27 heavy (non-hydrogen) atoms. The van der Waals surface area contributed by atoms with Gasteiger partial charge in [-0.3, -0.25) is 4.79 Å². The van der Waals surface area contributed by atoms with E-state index in [9.17, 15) is 9.59 Å². The molecule has 2 aromatic carbocycles. The second-order valence-electron chi connectivity index (χ2n) is 5.41. The molecule has 0 aromatic heterocycles. The Morgan fingerprint density at radius 2 is 1.89 bits per heavy atom. The number of hydrogen-bond acceptors (Lipinski definition) is 6. The van der Waals surface area contributed by atoms with E-state index in [2.05, 4.69) is 10.5 Å². The molecule has 0 saturated carbocycles. The molecule has 8 heteroatoms. The summed E-state index contributed by atoms with van der Waals surface area (Å²) in [5.74, 6) is -0.414. The number of nitrogens with one attached hydrogen (secondary N) is 1. The number of amides is 1. The zero-order valence-electron chi connectivity index (χ0n) is 15.1. The maximum absolute atomic E-state index is 12.2. The van der Waals surface area contributed by atoms with Gasteiger partial charge < -0.3 is 19.3 Å². The number of hydrazone groups is 1. The van der Waals surface area contributed by atoms with Crippen molar-refractivity contribution in [2.24, 2.45) is 5.10 Å². The van der Waals surface area contributed by atoms with Gasteiger partial charge in [0.05, 0.1) is 20.4 Å². The average Bonchev–Trinajstić information content (AvgIpc) is 2.68. The van der Waals surface area contributed by atoms with Gasteiger partial charge in [-0.15, -0.1) is 0 Å². The van der Waals surface area contributed by atoms with Crippen LogP contribution in [0.5, 0.6) is 17.2 Å². The lowest BCUT2D eigenvalue weighted by Crippen LogP contribution is -2.24. The molecular weight excluding hydrogens is 352 g/mol. The van der Waals surface area contributed by atoms with Crippen molar-refractivity contribution in [3.63, 3.8) is 0 Å². The van der Waals surface area contributed by atoms with E-state index >= 15 is 0 Å².